The fourth-order valence-electron chi connectivity index (χ4n) is 2.62. The predicted molar refractivity (Wildman–Crippen MR) is 68.5 cm³/mol. The molecule has 0 saturated carbocycles. The smallest absolute Gasteiger partial charge is 0.0446 e. The Labute approximate surface area is 96.3 Å². The van der Waals surface area contributed by atoms with Gasteiger partial charge < -0.3 is 4.90 Å². The van der Waals surface area contributed by atoms with Crippen molar-refractivity contribution in [1.29, 1.82) is 0 Å². The molecule has 0 bridgehead atoms. The van der Waals surface area contributed by atoms with Crippen LogP contribution in [0.3, 0.4) is 0 Å². The van der Waals surface area contributed by atoms with Crippen LogP contribution < -0.4 is 4.90 Å². The van der Waals surface area contributed by atoms with Gasteiger partial charge in [0, 0.05) is 24.3 Å². The second kappa shape index (κ2) is 3.38. The van der Waals surface area contributed by atoms with E-state index in [0.29, 0.717) is 5.92 Å². The number of benzene rings is 2. The molecule has 0 fully saturated rings. The summed E-state index contributed by atoms with van der Waals surface area (Å²) < 4.78 is 0. The molecule has 0 atom stereocenters. The largest absolute Gasteiger partial charge is 0.344 e. The fourth-order valence-corrected chi connectivity index (χ4v) is 2.62. The molecule has 2 aromatic rings. The summed E-state index contributed by atoms with van der Waals surface area (Å²) in [5, 5.41) is 0. The van der Waals surface area contributed by atoms with Crippen LogP contribution in [0.25, 0.3) is 0 Å². The number of hydrogen-bond donors (Lipinski definition) is 0. The van der Waals surface area contributed by atoms with Gasteiger partial charge in [0.1, 0.15) is 0 Å². The van der Waals surface area contributed by atoms with Gasteiger partial charge in [0.25, 0.3) is 0 Å². The molecule has 1 aliphatic rings. The molecule has 0 amide bonds. The summed E-state index contributed by atoms with van der Waals surface area (Å²) in [7, 11) is 2.14. The Morgan fingerprint density at radius 2 is 1.25 bits per heavy atom. The lowest BCUT2D eigenvalue weighted by Crippen LogP contribution is -2.20. The third-order valence-electron chi connectivity index (χ3n) is 3.53. The minimum Gasteiger partial charge on any atom is -0.344 e. The summed E-state index contributed by atoms with van der Waals surface area (Å²) >= 11 is 0. The molecule has 1 aliphatic heterocycles. The van der Waals surface area contributed by atoms with Crippen LogP contribution in [-0.4, -0.2) is 7.05 Å². The van der Waals surface area contributed by atoms with Crippen molar-refractivity contribution in [2.75, 3.05) is 11.9 Å². The fraction of sp³-hybridized carbons (Fsp3) is 0.200. The van der Waals surface area contributed by atoms with Gasteiger partial charge in [0.15, 0.2) is 0 Å². The molecular formula is C15H15N. The lowest BCUT2D eigenvalue weighted by Gasteiger charge is -2.33. The van der Waals surface area contributed by atoms with Gasteiger partial charge in [-0.2, -0.15) is 0 Å². The maximum atomic E-state index is 2.28. The molecule has 1 heteroatoms. The van der Waals surface area contributed by atoms with E-state index in [1.165, 1.54) is 22.5 Å². The standard InChI is InChI=1S/C15H15N/c1-11-12-7-3-5-9-14(12)16(2)15-10-6-4-8-13(11)15/h3-11H,1-2H3. The number of fused-ring (bicyclic) bond motifs is 2. The van der Waals surface area contributed by atoms with Crippen molar-refractivity contribution < 1.29 is 0 Å². The van der Waals surface area contributed by atoms with E-state index in [-0.39, 0.29) is 0 Å². The molecule has 0 N–H and O–H groups in total. The number of para-hydroxylation sites is 2. The lowest BCUT2D eigenvalue weighted by molar-refractivity contribution is 0.882. The minimum atomic E-state index is 0.489. The molecule has 1 nitrogen and oxygen atoms in total. The van der Waals surface area contributed by atoms with Gasteiger partial charge in [-0.3, -0.25) is 0 Å². The normalized spacial score (nSPS) is 14.5. The third kappa shape index (κ3) is 1.18. The first-order valence-electron chi connectivity index (χ1n) is 5.70. The van der Waals surface area contributed by atoms with Crippen molar-refractivity contribution in [1.82, 2.24) is 0 Å². The van der Waals surface area contributed by atoms with Gasteiger partial charge in [0.2, 0.25) is 0 Å². The highest BCUT2D eigenvalue weighted by atomic mass is 15.1. The van der Waals surface area contributed by atoms with Crippen LogP contribution in [-0.2, 0) is 0 Å². The highest BCUT2D eigenvalue weighted by Crippen LogP contribution is 2.43. The monoisotopic (exact) mass is 209 g/mol. The Bertz CT molecular complexity index is 435. The van der Waals surface area contributed by atoms with E-state index >= 15 is 0 Å². The molecule has 0 unspecified atom stereocenters. The van der Waals surface area contributed by atoms with Crippen LogP contribution in [0.5, 0.6) is 0 Å². The van der Waals surface area contributed by atoms with Crippen molar-refractivity contribution in [2.45, 2.75) is 12.8 Å². The van der Waals surface area contributed by atoms with Gasteiger partial charge in [-0.05, 0) is 23.3 Å². The molecular weight excluding hydrogens is 194 g/mol. The van der Waals surface area contributed by atoms with E-state index < -0.39 is 0 Å². The highest BCUT2D eigenvalue weighted by molar-refractivity contribution is 5.75. The molecule has 3 rings (SSSR count). The predicted octanol–water partition coefficient (Wildman–Crippen LogP) is 3.92. The number of nitrogens with zero attached hydrogens (tertiary/aromatic N) is 1. The van der Waals surface area contributed by atoms with Gasteiger partial charge in [-0.1, -0.05) is 43.3 Å². The van der Waals surface area contributed by atoms with Crippen LogP contribution in [0.2, 0.25) is 0 Å². The summed E-state index contributed by atoms with van der Waals surface area (Å²) in [6.45, 7) is 2.28. The lowest BCUT2D eigenvalue weighted by atomic mass is 9.86. The van der Waals surface area contributed by atoms with E-state index in [4.69, 9.17) is 0 Å². The van der Waals surface area contributed by atoms with Gasteiger partial charge >= 0.3 is 0 Å². The molecule has 0 aromatic heterocycles. The Balaban J connectivity index is 2.26. The quantitative estimate of drug-likeness (QED) is 0.635. The minimum absolute atomic E-state index is 0.489. The zero-order chi connectivity index (χ0) is 11.1. The Kier molecular flexibility index (Phi) is 2.00. The average Bonchev–Trinajstić information content (AvgIpc) is 2.36. The highest BCUT2D eigenvalue weighted by Gasteiger charge is 2.24. The molecule has 80 valence electrons. The SMILES string of the molecule is CC1c2ccccc2N(C)c2ccccc21. The van der Waals surface area contributed by atoms with E-state index in [2.05, 4.69) is 67.4 Å². The molecule has 0 saturated heterocycles. The molecule has 0 spiro atoms. The summed E-state index contributed by atoms with van der Waals surface area (Å²) in [6.07, 6.45) is 0. The third-order valence-corrected chi connectivity index (χ3v) is 3.53. The first kappa shape index (κ1) is 9.46. The van der Waals surface area contributed by atoms with Crippen LogP contribution in [0.15, 0.2) is 48.5 Å². The second-order valence-corrected chi connectivity index (χ2v) is 4.40. The summed E-state index contributed by atoms with van der Waals surface area (Å²) in [5.74, 6) is 0.489. The summed E-state index contributed by atoms with van der Waals surface area (Å²) in [5.41, 5.74) is 5.50. The molecule has 1 heterocycles. The van der Waals surface area contributed by atoms with Crippen molar-refractivity contribution >= 4 is 11.4 Å². The summed E-state index contributed by atoms with van der Waals surface area (Å²) in [4.78, 5) is 2.28. The topological polar surface area (TPSA) is 3.24 Å². The number of anilines is 2. The van der Waals surface area contributed by atoms with Crippen LogP contribution in [0, 0.1) is 0 Å². The van der Waals surface area contributed by atoms with E-state index in [9.17, 15) is 0 Å². The van der Waals surface area contributed by atoms with Crippen molar-refractivity contribution in [3.63, 3.8) is 0 Å². The van der Waals surface area contributed by atoms with Gasteiger partial charge in [0.05, 0.1) is 0 Å². The van der Waals surface area contributed by atoms with Crippen LogP contribution in [0.4, 0.5) is 11.4 Å². The van der Waals surface area contributed by atoms with Gasteiger partial charge in [-0.25, -0.2) is 0 Å². The average molecular weight is 209 g/mol. The van der Waals surface area contributed by atoms with Crippen molar-refractivity contribution in [3.8, 4) is 0 Å². The van der Waals surface area contributed by atoms with E-state index in [1.54, 1.807) is 0 Å². The van der Waals surface area contributed by atoms with Crippen LogP contribution >= 0.6 is 0 Å². The van der Waals surface area contributed by atoms with Gasteiger partial charge in [-0.15, -0.1) is 0 Å². The maximum absolute atomic E-state index is 2.28. The van der Waals surface area contributed by atoms with E-state index in [1.807, 2.05) is 0 Å². The van der Waals surface area contributed by atoms with Crippen LogP contribution in [0.1, 0.15) is 24.0 Å². The maximum Gasteiger partial charge on any atom is 0.0446 e. The molecule has 0 aliphatic carbocycles. The number of hydrogen-bond acceptors (Lipinski definition) is 1. The Morgan fingerprint density at radius 3 is 1.75 bits per heavy atom. The zero-order valence-corrected chi connectivity index (χ0v) is 9.64. The first-order valence-corrected chi connectivity index (χ1v) is 5.70. The molecule has 2 aromatic carbocycles. The number of rotatable bonds is 0. The zero-order valence-electron chi connectivity index (χ0n) is 9.64. The second-order valence-electron chi connectivity index (χ2n) is 4.40. The molecule has 16 heavy (non-hydrogen) atoms. The first-order chi connectivity index (χ1) is 7.79. The van der Waals surface area contributed by atoms with Crippen molar-refractivity contribution in [2.24, 2.45) is 0 Å². The Morgan fingerprint density at radius 1 is 0.812 bits per heavy atom. The van der Waals surface area contributed by atoms with E-state index in [0.717, 1.165) is 0 Å². The Hall–Kier alpha value is -1.76. The molecule has 0 radical (unpaired) electrons. The van der Waals surface area contributed by atoms with Crippen molar-refractivity contribution in [3.05, 3.63) is 59.7 Å². The summed E-state index contributed by atoms with van der Waals surface area (Å²) in [6, 6.07) is 17.3.